The first-order valence-corrected chi connectivity index (χ1v) is 12.9. The number of aryl methyl sites for hydroxylation is 1. The van der Waals surface area contributed by atoms with Crippen LogP contribution in [0.25, 0.3) is 5.57 Å². The molecule has 0 spiro atoms. The van der Waals surface area contributed by atoms with Gasteiger partial charge in [0.25, 0.3) is 0 Å². The second-order valence-electron chi connectivity index (χ2n) is 9.38. The summed E-state index contributed by atoms with van der Waals surface area (Å²) in [6.07, 6.45) is -2.55. The summed E-state index contributed by atoms with van der Waals surface area (Å²) < 4.78 is 60.9. The number of hydrogen-bond donors (Lipinski definition) is 0. The Morgan fingerprint density at radius 3 is 2.20 bits per heavy atom. The Morgan fingerprint density at radius 1 is 0.950 bits per heavy atom. The van der Waals surface area contributed by atoms with Gasteiger partial charge >= 0.3 is 12.1 Å². The van der Waals surface area contributed by atoms with Gasteiger partial charge in [-0.15, -0.1) is 0 Å². The predicted octanol–water partition coefficient (Wildman–Crippen LogP) is 5.91. The molecular formula is C31H32F3NO5. The van der Waals surface area contributed by atoms with Gasteiger partial charge in [0, 0.05) is 19.6 Å². The molecule has 0 aromatic heterocycles. The fraction of sp³-hybridized carbons (Fsp3) is 0.323. The number of carbonyl (C=O) groups is 1. The van der Waals surface area contributed by atoms with E-state index in [9.17, 15) is 18.0 Å². The summed E-state index contributed by atoms with van der Waals surface area (Å²) in [6.45, 7) is 5.85. The maximum Gasteiger partial charge on any atom is 0.416 e. The van der Waals surface area contributed by atoms with Gasteiger partial charge < -0.3 is 18.9 Å². The van der Waals surface area contributed by atoms with Gasteiger partial charge in [-0.3, -0.25) is 4.90 Å². The summed E-state index contributed by atoms with van der Waals surface area (Å²) >= 11 is 0. The minimum Gasteiger partial charge on any atom is -0.489 e. The highest BCUT2D eigenvalue weighted by molar-refractivity contribution is 5.80. The first kappa shape index (κ1) is 29.2. The fourth-order valence-corrected chi connectivity index (χ4v) is 4.34. The molecule has 1 saturated heterocycles. The van der Waals surface area contributed by atoms with Crippen molar-refractivity contribution in [1.82, 2.24) is 4.90 Å². The van der Waals surface area contributed by atoms with Crippen molar-refractivity contribution in [2.24, 2.45) is 0 Å². The van der Waals surface area contributed by atoms with Crippen LogP contribution in [-0.4, -0.2) is 57.5 Å². The number of ether oxygens (including phenoxy) is 4. The van der Waals surface area contributed by atoms with Gasteiger partial charge in [-0.1, -0.05) is 36.4 Å². The highest BCUT2D eigenvalue weighted by Crippen LogP contribution is 2.32. The number of nitrogens with zero attached hydrogens (tertiary/aromatic N) is 1. The fourth-order valence-electron chi connectivity index (χ4n) is 4.34. The van der Waals surface area contributed by atoms with Crippen LogP contribution in [0.3, 0.4) is 0 Å². The van der Waals surface area contributed by atoms with Gasteiger partial charge in [0.1, 0.15) is 18.1 Å². The third-order valence-corrected chi connectivity index (χ3v) is 6.56. The van der Waals surface area contributed by atoms with E-state index in [2.05, 4.69) is 9.64 Å². The lowest BCUT2D eigenvalue weighted by Crippen LogP contribution is -2.35. The number of halogens is 3. The molecule has 4 rings (SSSR count). The minimum absolute atomic E-state index is 0.188. The molecule has 1 aliphatic heterocycles. The monoisotopic (exact) mass is 555 g/mol. The van der Waals surface area contributed by atoms with E-state index in [1.807, 2.05) is 37.3 Å². The molecule has 0 N–H and O–H groups in total. The first-order valence-electron chi connectivity index (χ1n) is 12.9. The Hall–Kier alpha value is -3.82. The number of carbonyl (C=O) groups excluding carboxylic acids is 1. The molecule has 0 atom stereocenters. The van der Waals surface area contributed by atoms with Crippen LogP contribution in [0.4, 0.5) is 13.2 Å². The Kier molecular flexibility index (Phi) is 9.84. The van der Waals surface area contributed by atoms with E-state index in [4.69, 9.17) is 14.2 Å². The molecule has 1 fully saturated rings. The second kappa shape index (κ2) is 13.5. The lowest BCUT2D eigenvalue weighted by Gasteiger charge is -2.26. The zero-order valence-corrected chi connectivity index (χ0v) is 22.5. The zero-order valence-electron chi connectivity index (χ0n) is 22.5. The highest BCUT2D eigenvalue weighted by atomic mass is 19.4. The topological polar surface area (TPSA) is 57.2 Å². The van der Waals surface area contributed by atoms with Crippen molar-refractivity contribution in [3.63, 3.8) is 0 Å². The maximum absolute atomic E-state index is 13.2. The van der Waals surface area contributed by atoms with Gasteiger partial charge in [-0.05, 0) is 71.2 Å². The summed E-state index contributed by atoms with van der Waals surface area (Å²) in [7, 11) is 1.29. The smallest absolute Gasteiger partial charge is 0.416 e. The van der Waals surface area contributed by atoms with Gasteiger partial charge in [0.15, 0.2) is 6.61 Å². The summed E-state index contributed by atoms with van der Waals surface area (Å²) in [5.41, 5.74) is 3.53. The molecular weight excluding hydrogens is 523 g/mol. The van der Waals surface area contributed by atoms with E-state index in [0.29, 0.717) is 17.1 Å². The molecule has 0 saturated carbocycles. The van der Waals surface area contributed by atoms with Crippen LogP contribution in [0.5, 0.6) is 11.5 Å². The SMILES string of the molecule is COC(=O)COc1ccc(OC/C=C(\c2ccc(CN3CCOCC3)cc2)c2ccc(C(F)(F)F)cc2)cc1C. The van der Waals surface area contributed by atoms with Crippen molar-refractivity contribution in [3.05, 3.63) is 101 Å². The summed E-state index contributed by atoms with van der Waals surface area (Å²) in [5.74, 6) is 0.650. The average molecular weight is 556 g/mol. The van der Waals surface area contributed by atoms with Crippen LogP contribution in [0.2, 0.25) is 0 Å². The van der Waals surface area contributed by atoms with E-state index in [-0.39, 0.29) is 13.2 Å². The van der Waals surface area contributed by atoms with E-state index < -0.39 is 17.7 Å². The number of alkyl halides is 3. The first-order chi connectivity index (χ1) is 19.2. The highest BCUT2D eigenvalue weighted by Gasteiger charge is 2.30. The van der Waals surface area contributed by atoms with Gasteiger partial charge in [0.2, 0.25) is 0 Å². The Labute approximate surface area is 231 Å². The molecule has 0 bridgehead atoms. The molecule has 0 radical (unpaired) electrons. The summed E-state index contributed by atoms with van der Waals surface area (Å²) in [5, 5.41) is 0. The average Bonchev–Trinajstić information content (AvgIpc) is 2.95. The predicted molar refractivity (Wildman–Crippen MR) is 145 cm³/mol. The third-order valence-electron chi connectivity index (χ3n) is 6.56. The van der Waals surface area contributed by atoms with Gasteiger partial charge in [-0.2, -0.15) is 13.2 Å². The molecule has 0 aliphatic carbocycles. The molecule has 40 heavy (non-hydrogen) atoms. The van der Waals surface area contributed by atoms with Crippen LogP contribution in [0.15, 0.2) is 72.8 Å². The van der Waals surface area contributed by atoms with E-state index in [1.165, 1.54) is 19.2 Å². The number of methoxy groups -OCH3 is 1. The number of esters is 1. The number of benzene rings is 3. The largest absolute Gasteiger partial charge is 0.489 e. The zero-order chi connectivity index (χ0) is 28.5. The molecule has 0 unspecified atom stereocenters. The van der Waals surface area contributed by atoms with Crippen molar-refractivity contribution in [2.75, 3.05) is 46.6 Å². The normalized spacial score (nSPS) is 14.6. The molecule has 0 amide bonds. The Bertz CT molecular complexity index is 1300. The third kappa shape index (κ3) is 8.09. The molecule has 9 heteroatoms. The molecule has 6 nitrogen and oxygen atoms in total. The van der Waals surface area contributed by atoms with Crippen LogP contribution in [0.1, 0.15) is 27.8 Å². The maximum atomic E-state index is 13.2. The molecule has 212 valence electrons. The van der Waals surface area contributed by atoms with Crippen LogP contribution < -0.4 is 9.47 Å². The van der Waals surface area contributed by atoms with Crippen LogP contribution in [0, 0.1) is 6.92 Å². The number of morpholine rings is 1. The number of rotatable bonds is 10. The van der Waals surface area contributed by atoms with Crippen molar-refractivity contribution < 1.29 is 36.9 Å². The quantitative estimate of drug-likeness (QED) is 0.290. The van der Waals surface area contributed by atoms with Crippen LogP contribution in [-0.2, 0) is 27.0 Å². The molecule has 1 aliphatic rings. The standard InChI is InChI=1S/C31H32F3NO5/c1-22-19-27(11-12-29(22)40-21-30(36)37-2)39-16-13-28(25-7-9-26(10-8-25)31(32,33)34)24-5-3-23(4-6-24)20-35-14-17-38-18-15-35/h3-13,19H,14-18,20-21H2,1-2H3/b28-13+. The van der Waals surface area contributed by atoms with Crippen molar-refractivity contribution >= 4 is 11.5 Å². The number of hydrogen-bond acceptors (Lipinski definition) is 6. The molecule has 1 heterocycles. The Morgan fingerprint density at radius 2 is 1.60 bits per heavy atom. The van der Waals surface area contributed by atoms with Gasteiger partial charge in [0.05, 0.1) is 25.9 Å². The van der Waals surface area contributed by atoms with Crippen molar-refractivity contribution in [3.8, 4) is 11.5 Å². The van der Waals surface area contributed by atoms with Gasteiger partial charge in [-0.25, -0.2) is 4.79 Å². The summed E-state index contributed by atoms with van der Waals surface area (Å²) in [6, 6.07) is 18.4. The van der Waals surface area contributed by atoms with Crippen LogP contribution >= 0.6 is 0 Å². The van der Waals surface area contributed by atoms with E-state index >= 15 is 0 Å². The van der Waals surface area contributed by atoms with Crippen molar-refractivity contribution in [2.45, 2.75) is 19.6 Å². The molecule has 3 aromatic carbocycles. The van der Waals surface area contributed by atoms with E-state index in [1.54, 1.807) is 18.2 Å². The Balaban J connectivity index is 1.51. The van der Waals surface area contributed by atoms with E-state index in [0.717, 1.165) is 67.2 Å². The second-order valence-corrected chi connectivity index (χ2v) is 9.38. The molecule has 3 aromatic rings. The lowest BCUT2D eigenvalue weighted by molar-refractivity contribution is -0.143. The van der Waals surface area contributed by atoms with Crippen molar-refractivity contribution in [1.29, 1.82) is 0 Å². The minimum atomic E-state index is -4.41. The summed E-state index contributed by atoms with van der Waals surface area (Å²) in [4.78, 5) is 13.7. The lowest BCUT2D eigenvalue weighted by atomic mass is 9.95.